The largest absolute Gasteiger partial charge is 0.426 e. The number of rotatable bonds is 4. The van der Waals surface area contributed by atoms with Crippen LogP contribution in [0.3, 0.4) is 0 Å². The lowest BCUT2D eigenvalue weighted by Gasteiger charge is -2.07. The van der Waals surface area contributed by atoms with Gasteiger partial charge in [0, 0.05) is 28.9 Å². The third-order valence-corrected chi connectivity index (χ3v) is 4.31. The minimum absolute atomic E-state index is 0.158. The van der Waals surface area contributed by atoms with Crippen LogP contribution in [-0.2, 0) is 0 Å². The number of anilines is 1. The smallest absolute Gasteiger partial charge is 0.271 e. The van der Waals surface area contributed by atoms with E-state index < -0.39 is 16.6 Å². The summed E-state index contributed by atoms with van der Waals surface area (Å²) in [6.45, 7) is 0. The lowest BCUT2D eigenvalue weighted by atomic mass is 10.1. The zero-order valence-electron chi connectivity index (χ0n) is 14.7. The van der Waals surface area contributed by atoms with Crippen LogP contribution in [0.4, 0.5) is 15.8 Å². The standard InChI is InChI=1S/C20H13FN4O4/c21-14-3-1-2-13(10-14)20(26)22-15-6-4-12(5-7-15)19-23-17-9-8-16(25(28)29)11-18(17)24(19)27/h1-11,27H,(H,22,26). The summed E-state index contributed by atoms with van der Waals surface area (Å²) in [4.78, 5) is 26.8. The maximum Gasteiger partial charge on any atom is 0.271 e. The van der Waals surface area contributed by atoms with E-state index in [0.717, 1.165) is 10.8 Å². The summed E-state index contributed by atoms with van der Waals surface area (Å²) in [6.07, 6.45) is 0. The third-order valence-electron chi connectivity index (χ3n) is 4.31. The maximum absolute atomic E-state index is 13.3. The molecule has 0 saturated carbocycles. The zero-order chi connectivity index (χ0) is 20.5. The summed E-state index contributed by atoms with van der Waals surface area (Å²) in [5, 5.41) is 23.9. The highest BCUT2D eigenvalue weighted by atomic mass is 19.1. The second-order valence-electron chi connectivity index (χ2n) is 6.22. The van der Waals surface area contributed by atoms with Gasteiger partial charge in [0.05, 0.1) is 10.4 Å². The lowest BCUT2D eigenvalue weighted by molar-refractivity contribution is -0.384. The first-order chi connectivity index (χ1) is 13.9. The van der Waals surface area contributed by atoms with Crippen molar-refractivity contribution in [3.8, 4) is 11.4 Å². The predicted octanol–water partition coefficient (Wildman–Crippen LogP) is 4.24. The summed E-state index contributed by atoms with van der Waals surface area (Å²) >= 11 is 0. The predicted molar refractivity (Wildman–Crippen MR) is 103 cm³/mol. The molecule has 144 valence electrons. The first kappa shape index (κ1) is 18.1. The molecule has 0 saturated heterocycles. The summed E-state index contributed by atoms with van der Waals surface area (Å²) in [6, 6.07) is 15.8. The molecular weight excluding hydrogens is 379 g/mol. The first-order valence-corrected chi connectivity index (χ1v) is 8.46. The number of carbonyl (C=O) groups is 1. The van der Waals surface area contributed by atoms with Crippen molar-refractivity contribution < 1.29 is 19.3 Å². The van der Waals surface area contributed by atoms with Gasteiger partial charge in [-0.3, -0.25) is 14.9 Å². The molecule has 0 atom stereocenters. The van der Waals surface area contributed by atoms with Crippen LogP contribution in [0.25, 0.3) is 22.4 Å². The number of non-ortho nitro benzene ring substituents is 1. The van der Waals surface area contributed by atoms with Crippen molar-refractivity contribution in [1.29, 1.82) is 0 Å². The number of nitro benzene ring substituents is 1. The van der Waals surface area contributed by atoms with Crippen LogP contribution in [0.5, 0.6) is 0 Å². The summed E-state index contributed by atoms with van der Waals surface area (Å²) in [5.74, 6) is -0.766. The number of hydrogen-bond donors (Lipinski definition) is 2. The molecular formula is C20H13FN4O4. The molecule has 2 N–H and O–H groups in total. The van der Waals surface area contributed by atoms with Crippen molar-refractivity contribution >= 4 is 28.3 Å². The van der Waals surface area contributed by atoms with Gasteiger partial charge in [-0.05, 0) is 48.5 Å². The highest BCUT2D eigenvalue weighted by Gasteiger charge is 2.16. The van der Waals surface area contributed by atoms with Crippen LogP contribution in [-0.4, -0.2) is 25.8 Å². The lowest BCUT2D eigenvalue weighted by Crippen LogP contribution is -2.11. The summed E-state index contributed by atoms with van der Waals surface area (Å²) in [7, 11) is 0. The van der Waals surface area contributed by atoms with Gasteiger partial charge >= 0.3 is 0 Å². The second-order valence-corrected chi connectivity index (χ2v) is 6.22. The first-order valence-electron chi connectivity index (χ1n) is 8.46. The third kappa shape index (κ3) is 3.48. The molecule has 8 nitrogen and oxygen atoms in total. The number of halogens is 1. The van der Waals surface area contributed by atoms with Gasteiger partial charge in [-0.1, -0.05) is 6.07 Å². The number of imidazole rings is 1. The van der Waals surface area contributed by atoms with E-state index in [1.54, 1.807) is 24.3 Å². The average Bonchev–Trinajstić information content (AvgIpc) is 3.04. The number of benzene rings is 3. The molecule has 0 radical (unpaired) electrons. The van der Waals surface area contributed by atoms with Crippen molar-refractivity contribution in [3.05, 3.63) is 88.2 Å². The molecule has 0 bridgehead atoms. The van der Waals surface area contributed by atoms with E-state index in [1.165, 1.54) is 36.4 Å². The van der Waals surface area contributed by atoms with Crippen molar-refractivity contribution in [2.24, 2.45) is 0 Å². The van der Waals surface area contributed by atoms with Gasteiger partial charge in [0.2, 0.25) is 0 Å². The number of amides is 1. The Balaban J connectivity index is 1.60. The molecule has 0 aliphatic carbocycles. The van der Waals surface area contributed by atoms with Crippen molar-refractivity contribution in [3.63, 3.8) is 0 Å². The van der Waals surface area contributed by atoms with Crippen LogP contribution in [0.15, 0.2) is 66.7 Å². The Morgan fingerprint density at radius 3 is 2.55 bits per heavy atom. The highest BCUT2D eigenvalue weighted by molar-refractivity contribution is 6.04. The van der Waals surface area contributed by atoms with Gasteiger partial charge < -0.3 is 10.5 Å². The number of aromatic nitrogens is 2. The topological polar surface area (TPSA) is 110 Å². The monoisotopic (exact) mass is 392 g/mol. The molecule has 4 aromatic rings. The van der Waals surface area contributed by atoms with Crippen molar-refractivity contribution in [2.75, 3.05) is 5.32 Å². The Hall–Kier alpha value is -4.27. The molecule has 1 heterocycles. The Bertz CT molecular complexity index is 1250. The molecule has 3 aromatic carbocycles. The molecule has 0 aliphatic heterocycles. The van der Waals surface area contributed by atoms with Gasteiger partial charge in [0.25, 0.3) is 11.6 Å². The van der Waals surface area contributed by atoms with Gasteiger partial charge in [-0.15, -0.1) is 0 Å². The molecule has 0 fully saturated rings. The molecule has 29 heavy (non-hydrogen) atoms. The van der Waals surface area contributed by atoms with Crippen LogP contribution in [0.2, 0.25) is 0 Å². The summed E-state index contributed by atoms with van der Waals surface area (Å²) < 4.78 is 14.0. The van der Waals surface area contributed by atoms with Gasteiger partial charge in [0.15, 0.2) is 5.82 Å². The Morgan fingerprint density at radius 1 is 1.10 bits per heavy atom. The Labute approximate surface area is 163 Å². The van der Waals surface area contributed by atoms with Gasteiger partial charge in [-0.2, -0.15) is 4.73 Å². The maximum atomic E-state index is 13.3. The number of fused-ring (bicyclic) bond motifs is 1. The van der Waals surface area contributed by atoms with Crippen molar-refractivity contribution in [1.82, 2.24) is 9.71 Å². The minimum Gasteiger partial charge on any atom is -0.426 e. The van der Waals surface area contributed by atoms with E-state index in [4.69, 9.17) is 0 Å². The molecule has 1 aromatic heterocycles. The van der Waals surface area contributed by atoms with Crippen LogP contribution in [0, 0.1) is 15.9 Å². The quantitative estimate of drug-likeness (QED) is 0.307. The zero-order valence-corrected chi connectivity index (χ0v) is 14.7. The van der Waals surface area contributed by atoms with Gasteiger partial charge in [0.1, 0.15) is 11.3 Å². The normalized spacial score (nSPS) is 10.8. The Morgan fingerprint density at radius 2 is 1.86 bits per heavy atom. The second kappa shape index (κ2) is 7.04. The summed E-state index contributed by atoms with van der Waals surface area (Å²) in [5.41, 5.74) is 1.64. The fraction of sp³-hybridized carbons (Fsp3) is 0. The molecule has 9 heteroatoms. The van der Waals surface area contributed by atoms with E-state index in [9.17, 15) is 24.5 Å². The SMILES string of the molecule is O=C(Nc1ccc(-c2nc3ccc([N+](=O)[O-])cc3n2O)cc1)c1cccc(F)c1. The average molecular weight is 392 g/mol. The van der Waals surface area contributed by atoms with E-state index >= 15 is 0 Å². The van der Waals surface area contributed by atoms with Crippen LogP contribution >= 0.6 is 0 Å². The molecule has 0 aliphatic rings. The highest BCUT2D eigenvalue weighted by Crippen LogP contribution is 2.27. The number of carbonyl (C=O) groups excluding carboxylic acids is 1. The van der Waals surface area contributed by atoms with E-state index in [0.29, 0.717) is 16.8 Å². The Kier molecular flexibility index (Phi) is 4.40. The number of nitrogens with one attached hydrogen (secondary N) is 1. The number of nitrogens with zero attached hydrogens (tertiary/aromatic N) is 3. The van der Waals surface area contributed by atoms with E-state index in [2.05, 4.69) is 10.3 Å². The van der Waals surface area contributed by atoms with Crippen LogP contribution < -0.4 is 5.32 Å². The van der Waals surface area contributed by atoms with Gasteiger partial charge in [-0.25, -0.2) is 9.37 Å². The molecule has 0 spiro atoms. The fourth-order valence-electron chi connectivity index (χ4n) is 2.89. The minimum atomic E-state index is -0.553. The number of hydrogen-bond acceptors (Lipinski definition) is 5. The fourth-order valence-corrected chi connectivity index (χ4v) is 2.89. The van der Waals surface area contributed by atoms with E-state index in [-0.39, 0.29) is 22.6 Å². The van der Waals surface area contributed by atoms with Crippen LogP contribution in [0.1, 0.15) is 10.4 Å². The number of nitro groups is 1. The molecule has 4 rings (SSSR count). The van der Waals surface area contributed by atoms with E-state index in [1.807, 2.05) is 0 Å². The van der Waals surface area contributed by atoms with Crippen molar-refractivity contribution in [2.45, 2.75) is 0 Å². The molecule has 0 unspecified atom stereocenters. The molecule has 1 amide bonds.